The molecule has 0 atom stereocenters. The van der Waals surface area contributed by atoms with Crippen LogP contribution in [-0.2, 0) is 19.5 Å². The molecule has 1 aliphatic rings. The lowest BCUT2D eigenvalue weighted by molar-refractivity contribution is 0.0952. The molecule has 0 unspecified atom stereocenters. The number of nitrogens with zero attached hydrogens (tertiary/aromatic N) is 1. The molecule has 4 heterocycles. The van der Waals surface area contributed by atoms with E-state index in [0.29, 0.717) is 6.54 Å². The second kappa shape index (κ2) is 6.11. The van der Waals surface area contributed by atoms with Crippen LogP contribution in [0.15, 0.2) is 23.7 Å². The molecule has 23 heavy (non-hydrogen) atoms. The van der Waals surface area contributed by atoms with Crippen molar-refractivity contribution >= 4 is 38.0 Å². The summed E-state index contributed by atoms with van der Waals surface area (Å²) in [5, 5.41) is 9.98. The van der Waals surface area contributed by atoms with Crippen molar-refractivity contribution in [3.05, 3.63) is 45.4 Å². The van der Waals surface area contributed by atoms with Crippen molar-refractivity contribution in [2.24, 2.45) is 0 Å². The Kier molecular flexibility index (Phi) is 3.97. The standard InChI is InChI=1S/C17H19N3OS2/c1-11-8-14-12(10-22-17(14)23-11)2-4-19-16(21)13-3-6-20-7-5-18-9-15(13)20/h3,6,8,10,18H,2,4-5,7,9H2,1H3,(H,19,21). The molecule has 1 amide bonds. The largest absolute Gasteiger partial charge is 0.352 e. The van der Waals surface area contributed by atoms with Crippen molar-refractivity contribution in [3.8, 4) is 0 Å². The number of thiophene rings is 2. The monoisotopic (exact) mass is 345 g/mol. The van der Waals surface area contributed by atoms with Crippen molar-refractivity contribution in [1.82, 2.24) is 15.2 Å². The zero-order chi connectivity index (χ0) is 15.8. The second-order valence-electron chi connectivity index (χ2n) is 5.87. The Balaban J connectivity index is 1.41. The molecule has 0 aliphatic carbocycles. The van der Waals surface area contributed by atoms with E-state index in [1.807, 2.05) is 23.6 Å². The summed E-state index contributed by atoms with van der Waals surface area (Å²) in [5.41, 5.74) is 3.24. The highest BCUT2D eigenvalue weighted by Gasteiger charge is 2.18. The van der Waals surface area contributed by atoms with E-state index in [-0.39, 0.29) is 5.91 Å². The molecule has 0 fully saturated rings. The number of hydrogen-bond acceptors (Lipinski definition) is 4. The lowest BCUT2D eigenvalue weighted by Gasteiger charge is -2.17. The predicted octanol–water partition coefficient (Wildman–Crippen LogP) is 3.15. The number of rotatable bonds is 4. The van der Waals surface area contributed by atoms with Crippen molar-refractivity contribution in [3.63, 3.8) is 0 Å². The normalized spacial score (nSPS) is 14.1. The van der Waals surface area contributed by atoms with Gasteiger partial charge >= 0.3 is 0 Å². The van der Waals surface area contributed by atoms with Gasteiger partial charge in [0.1, 0.15) is 0 Å². The smallest absolute Gasteiger partial charge is 0.253 e. The van der Waals surface area contributed by atoms with Crippen molar-refractivity contribution < 1.29 is 4.79 Å². The third kappa shape index (κ3) is 2.82. The van der Waals surface area contributed by atoms with Gasteiger partial charge in [0, 0.05) is 48.3 Å². The molecule has 0 saturated heterocycles. The topological polar surface area (TPSA) is 46.1 Å². The van der Waals surface area contributed by atoms with E-state index in [1.165, 1.54) is 19.8 Å². The third-order valence-electron chi connectivity index (χ3n) is 4.30. The van der Waals surface area contributed by atoms with Gasteiger partial charge in [0.25, 0.3) is 5.91 Å². The molecule has 0 saturated carbocycles. The Bertz CT molecular complexity index is 859. The summed E-state index contributed by atoms with van der Waals surface area (Å²) < 4.78 is 3.55. The van der Waals surface area contributed by atoms with Crippen LogP contribution in [0.4, 0.5) is 0 Å². The molecule has 3 aromatic heterocycles. The highest BCUT2D eigenvalue weighted by molar-refractivity contribution is 7.37. The van der Waals surface area contributed by atoms with Crippen LogP contribution < -0.4 is 10.6 Å². The lowest BCUT2D eigenvalue weighted by atomic mass is 10.1. The Morgan fingerprint density at radius 2 is 2.39 bits per heavy atom. The minimum atomic E-state index is 0.0374. The Morgan fingerprint density at radius 1 is 1.48 bits per heavy atom. The molecule has 3 aromatic rings. The quantitative estimate of drug-likeness (QED) is 0.763. The van der Waals surface area contributed by atoms with Crippen LogP contribution in [0, 0.1) is 6.92 Å². The summed E-state index contributed by atoms with van der Waals surface area (Å²) in [6.45, 7) is 5.50. The summed E-state index contributed by atoms with van der Waals surface area (Å²) in [6.07, 6.45) is 2.90. The number of nitrogens with one attached hydrogen (secondary N) is 2. The fourth-order valence-electron chi connectivity index (χ4n) is 3.12. The van der Waals surface area contributed by atoms with Gasteiger partial charge in [-0.15, -0.1) is 22.7 Å². The summed E-state index contributed by atoms with van der Waals surface area (Å²) in [6, 6.07) is 4.19. The number of hydrogen-bond donors (Lipinski definition) is 2. The van der Waals surface area contributed by atoms with Gasteiger partial charge in [-0.25, -0.2) is 0 Å². The lowest BCUT2D eigenvalue weighted by Crippen LogP contribution is -2.31. The predicted molar refractivity (Wildman–Crippen MR) is 96.6 cm³/mol. The minimum Gasteiger partial charge on any atom is -0.352 e. The molecule has 0 aromatic carbocycles. The zero-order valence-electron chi connectivity index (χ0n) is 13.0. The number of aryl methyl sites for hydroxylation is 1. The van der Waals surface area contributed by atoms with Gasteiger partial charge < -0.3 is 15.2 Å². The Labute approximate surface area is 143 Å². The number of fused-ring (bicyclic) bond motifs is 2. The van der Waals surface area contributed by atoms with Crippen LogP contribution in [0.5, 0.6) is 0 Å². The van der Waals surface area contributed by atoms with Crippen LogP contribution in [0.2, 0.25) is 0 Å². The van der Waals surface area contributed by atoms with Gasteiger partial charge in [-0.2, -0.15) is 0 Å². The second-order valence-corrected chi connectivity index (χ2v) is 8.27. The van der Waals surface area contributed by atoms with E-state index in [4.69, 9.17) is 0 Å². The molecule has 0 bridgehead atoms. The maximum absolute atomic E-state index is 12.4. The van der Waals surface area contributed by atoms with Gasteiger partial charge in [-0.3, -0.25) is 4.79 Å². The molecular formula is C17H19N3OS2. The van der Waals surface area contributed by atoms with Gasteiger partial charge in [0.2, 0.25) is 0 Å². The van der Waals surface area contributed by atoms with E-state index in [9.17, 15) is 4.79 Å². The molecule has 1 aliphatic heterocycles. The van der Waals surface area contributed by atoms with Gasteiger partial charge in [0.15, 0.2) is 0 Å². The van der Waals surface area contributed by atoms with Gasteiger partial charge in [-0.05, 0) is 36.4 Å². The van der Waals surface area contributed by atoms with Crippen molar-refractivity contribution in [2.45, 2.75) is 26.4 Å². The first kappa shape index (κ1) is 14.9. The van der Waals surface area contributed by atoms with E-state index < -0.39 is 0 Å². The highest BCUT2D eigenvalue weighted by Crippen LogP contribution is 2.33. The van der Waals surface area contributed by atoms with E-state index >= 15 is 0 Å². The molecular weight excluding hydrogens is 326 g/mol. The summed E-state index contributed by atoms with van der Waals surface area (Å²) in [5.74, 6) is 0.0374. The first-order valence-corrected chi connectivity index (χ1v) is 9.55. The number of amides is 1. The molecule has 2 N–H and O–H groups in total. The van der Waals surface area contributed by atoms with Crippen molar-refractivity contribution in [2.75, 3.05) is 13.1 Å². The summed E-state index contributed by atoms with van der Waals surface area (Å²) in [4.78, 5) is 13.8. The fraction of sp³-hybridized carbons (Fsp3) is 0.353. The molecule has 4 rings (SSSR count). The maximum Gasteiger partial charge on any atom is 0.253 e. The van der Waals surface area contributed by atoms with Crippen LogP contribution in [0.1, 0.15) is 26.5 Å². The van der Waals surface area contributed by atoms with E-state index in [2.05, 4.69) is 33.6 Å². The van der Waals surface area contributed by atoms with Crippen molar-refractivity contribution in [1.29, 1.82) is 0 Å². The van der Waals surface area contributed by atoms with E-state index in [0.717, 1.165) is 37.3 Å². The van der Waals surface area contributed by atoms with Crippen LogP contribution in [0.3, 0.4) is 0 Å². The van der Waals surface area contributed by atoms with Crippen LogP contribution >= 0.6 is 22.7 Å². The average Bonchev–Trinajstić information content (AvgIpc) is 3.22. The van der Waals surface area contributed by atoms with Gasteiger partial charge in [0.05, 0.1) is 9.58 Å². The van der Waals surface area contributed by atoms with Crippen LogP contribution in [0.25, 0.3) is 9.40 Å². The third-order valence-corrected chi connectivity index (χ3v) is 6.52. The summed E-state index contributed by atoms with van der Waals surface area (Å²) in [7, 11) is 0. The first-order valence-electron chi connectivity index (χ1n) is 7.86. The molecule has 6 heteroatoms. The summed E-state index contributed by atoms with van der Waals surface area (Å²) >= 11 is 3.65. The molecule has 0 radical (unpaired) electrons. The Hall–Kier alpha value is -1.63. The number of carbonyl (C=O) groups is 1. The first-order chi connectivity index (χ1) is 11.2. The molecule has 120 valence electrons. The Morgan fingerprint density at radius 3 is 3.30 bits per heavy atom. The zero-order valence-corrected chi connectivity index (χ0v) is 14.6. The van der Waals surface area contributed by atoms with Crippen LogP contribution in [-0.4, -0.2) is 23.6 Å². The number of aromatic nitrogens is 1. The molecule has 4 nitrogen and oxygen atoms in total. The highest BCUT2D eigenvalue weighted by atomic mass is 32.2. The molecule has 0 spiro atoms. The SMILES string of the molecule is Cc1cc2c(CCNC(=O)c3ccn4c3CNCC4)csc2s1. The average molecular weight is 345 g/mol. The number of carbonyl (C=O) groups excluding carboxylic acids is 1. The maximum atomic E-state index is 12.4. The minimum absolute atomic E-state index is 0.0374. The van der Waals surface area contributed by atoms with Gasteiger partial charge in [-0.1, -0.05) is 0 Å². The van der Waals surface area contributed by atoms with E-state index in [1.54, 1.807) is 11.3 Å². The fourth-order valence-corrected chi connectivity index (χ4v) is 5.43.